The predicted octanol–water partition coefficient (Wildman–Crippen LogP) is 4.79. The first-order valence-corrected chi connectivity index (χ1v) is 10.3. The maximum Gasteiger partial charge on any atom is 0.417 e. The van der Waals surface area contributed by atoms with Gasteiger partial charge in [-0.05, 0) is 30.2 Å². The first-order valence-electron chi connectivity index (χ1n) is 10.3. The number of rotatable bonds is 6. The molecule has 1 heterocycles. The van der Waals surface area contributed by atoms with Crippen LogP contribution in [0.4, 0.5) is 4.79 Å². The van der Waals surface area contributed by atoms with Crippen molar-refractivity contribution in [2.75, 3.05) is 6.61 Å². The number of hydrogen-bond acceptors (Lipinski definition) is 4. The van der Waals surface area contributed by atoms with Crippen molar-refractivity contribution in [1.82, 2.24) is 4.90 Å². The molecule has 29 heavy (non-hydrogen) atoms. The standard InChI is InChI=1S/C24H25NO4/c26-22(18-10-5-2-6-11-18)14-19-12-7-13-20(19)15-23(27)25-21(16-29-24(25)28)17-8-3-1-4-9-17/h1-6,8-11,19-21H,7,12-16H2/t19-,20-,21-/m1/s1. The van der Waals surface area contributed by atoms with Crippen molar-refractivity contribution >= 4 is 17.8 Å². The molecule has 3 atom stereocenters. The summed E-state index contributed by atoms with van der Waals surface area (Å²) in [5, 5.41) is 0. The predicted molar refractivity (Wildman–Crippen MR) is 108 cm³/mol. The number of ether oxygens (including phenoxy) is 1. The average molecular weight is 391 g/mol. The third-order valence-electron chi connectivity index (χ3n) is 6.12. The molecule has 0 bridgehead atoms. The lowest BCUT2D eigenvalue weighted by molar-refractivity contribution is -0.130. The van der Waals surface area contributed by atoms with Crippen molar-refractivity contribution in [2.45, 2.75) is 38.1 Å². The summed E-state index contributed by atoms with van der Waals surface area (Å²) >= 11 is 0. The highest BCUT2D eigenvalue weighted by atomic mass is 16.6. The molecule has 4 rings (SSSR count). The van der Waals surface area contributed by atoms with Gasteiger partial charge in [0, 0.05) is 18.4 Å². The number of imide groups is 1. The molecule has 1 aliphatic heterocycles. The zero-order valence-corrected chi connectivity index (χ0v) is 16.3. The minimum atomic E-state index is -0.571. The maximum absolute atomic E-state index is 13.0. The highest BCUT2D eigenvalue weighted by Crippen LogP contribution is 2.39. The van der Waals surface area contributed by atoms with Gasteiger partial charge in [0.1, 0.15) is 12.6 Å². The van der Waals surface area contributed by atoms with Crippen LogP contribution >= 0.6 is 0 Å². The maximum atomic E-state index is 13.0. The van der Waals surface area contributed by atoms with Crippen molar-refractivity contribution in [1.29, 1.82) is 0 Å². The summed E-state index contributed by atoms with van der Waals surface area (Å²) < 4.78 is 5.18. The molecule has 5 heteroatoms. The topological polar surface area (TPSA) is 63.7 Å². The van der Waals surface area contributed by atoms with E-state index in [1.807, 2.05) is 60.7 Å². The van der Waals surface area contributed by atoms with Gasteiger partial charge in [0.25, 0.3) is 0 Å². The lowest BCUT2D eigenvalue weighted by atomic mass is 9.87. The van der Waals surface area contributed by atoms with Crippen molar-refractivity contribution in [3.63, 3.8) is 0 Å². The number of Topliss-reactive ketones (excluding diaryl/α,β-unsaturated/α-hetero) is 1. The number of cyclic esters (lactones) is 1. The van der Waals surface area contributed by atoms with E-state index < -0.39 is 6.09 Å². The van der Waals surface area contributed by atoms with E-state index in [1.165, 1.54) is 4.90 Å². The van der Waals surface area contributed by atoms with Crippen LogP contribution in [0, 0.1) is 11.8 Å². The molecule has 0 unspecified atom stereocenters. The molecule has 5 nitrogen and oxygen atoms in total. The quantitative estimate of drug-likeness (QED) is 0.665. The number of hydrogen-bond donors (Lipinski definition) is 0. The number of nitrogens with zero attached hydrogens (tertiary/aromatic N) is 1. The minimum Gasteiger partial charge on any atom is -0.446 e. The van der Waals surface area contributed by atoms with Crippen LogP contribution in [0.3, 0.4) is 0 Å². The molecule has 0 aromatic heterocycles. The Morgan fingerprint density at radius 3 is 2.21 bits per heavy atom. The number of ketones is 1. The molecule has 2 aromatic rings. The van der Waals surface area contributed by atoms with Crippen molar-refractivity contribution in [3.05, 3.63) is 71.8 Å². The molecule has 1 saturated carbocycles. The molecular formula is C24H25NO4. The Morgan fingerprint density at radius 1 is 0.897 bits per heavy atom. The van der Waals surface area contributed by atoms with Gasteiger partial charge in [-0.25, -0.2) is 9.69 Å². The lowest BCUT2D eigenvalue weighted by Crippen LogP contribution is -2.35. The molecule has 1 saturated heterocycles. The van der Waals surface area contributed by atoms with Gasteiger partial charge in [-0.2, -0.15) is 0 Å². The first-order chi connectivity index (χ1) is 14.1. The fourth-order valence-electron chi connectivity index (χ4n) is 4.57. The molecule has 2 amide bonds. The second-order valence-corrected chi connectivity index (χ2v) is 7.92. The zero-order valence-electron chi connectivity index (χ0n) is 16.3. The number of amides is 2. The van der Waals surface area contributed by atoms with Crippen molar-refractivity contribution in [2.24, 2.45) is 11.8 Å². The van der Waals surface area contributed by atoms with Gasteiger partial charge in [0.05, 0.1) is 0 Å². The number of carbonyl (C=O) groups excluding carboxylic acids is 3. The highest BCUT2D eigenvalue weighted by molar-refractivity contribution is 5.96. The normalized spacial score (nSPS) is 23.8. The Labute approximate surface area is 170 Å². The summed E-state index contributed by atoms with van der Waals surface area (Å²) in [5.41, 5.74) is 1.62. The van der Waals surface area contributed by atoms with E-state index in [1.54, 1.807) is 0 Å². The third kappa shape index (κ3) is 4.24. The largest absolute Gasteiger partial charge is 0.446 e. The van der Waals surface area contributed by atoms with Gasteiger partial charge < -0.3 is 4.74 Å². The van der Waals surface area contributed by atoms with Crippen LogP contribution in [-0.4, -0.2) is 29.3 Å². The number of benzene rings is 2. The van der Waals surface area contributed by atoms with Crippen molar-refractivity contribution in [3.8, 4) is 0 Å². The highest BCUT2D eigenvalue weighted by Gasteiger charge is 2.41. The summed E-state index contributed by atoms with van der Waals surface area (Å²) in [6.45, 7) is 0.190. The smallest absolute Gasteiger partial charge is 0.417 e. The van der Waals surface area contributed by atoms with Gasteiger partial charge in [0.15, 0.2) is 5.78 Å². The molecule has 0 spiro atoms. The lowest BCUT2D eigenvalue weighted by Gasteiger charge is -2.24. The second-order valence-electron chi connectivity index (χ2n) is 7.92. The Balaban J connectivity index is 1.42. The van der Waals surface area contributed by atoms with Crippen LogP contribution in [-0.2, 0) is 9.53 Å². The van der Waals surface area contributed by atoms with Crippen LogP contribution in [0.15, 0.2) is 60.7 Å². The van der Waals surface area contributed by atoms with E-state index in [0.29, 0.717) is 6.42 Å². The Bertz CT molecular complexity index is 880. The molecule has 2 fully saturated rings. The van der Waals surface area contributed by atoms with Crippen LogP contribution in [0.2, 0.25) is 0 Å². The minimum absolute atomic E-state index is 0.123. The summed E-state index contributed by atoms with van der Waals surface area (Å²) in [4.78, 5) is 39.2. The van der Waals surface area contributed by atoms with Crippen LogP contribution in [0.1, 0.15) is 54.1 Å². The second kappa shape index (κ2) is 8.60. The summed E-state index contributed by atoms with van der Waals surface area (Å²) in [5.74, 6) is 0.226. The molecular weight excluding hydrogens is 366 g/mol. The Morgan fingerprint density at radius 2 is 1.52 bits per heavy atom. The third-order valence-corrected chi connectivity index (χ3v) is 6.12. The average Bonchev–Trinajstić information content (AvgIpc) is 3.35. The monoisotopic (exact) mass is 391 g/mol. The molecule has 2 aliphatic rings. The van der Waals surface area contributed by atoms with Gasteiger partial charge >= 0.3 is 6.09 Å². The SMILES string of the molecule is O=C(C[C@H]1CCC[C@@H]1CC(=O)N1C(=O)OC[C@@H]1c1ccccc1)c1ccccc1. The Kier molecular flexibility index (Phi) is 5.74. The molecule has 2 aromatic carbocycles. The molecule has 1 aliphatic carbocycles. The van der Waals surface area contributed by atoms with Crippen LogP contribution in [0.25, 0.3) is 0 Å². The van der Waals surface area contributed by atoms with E-state index >= 15 is 0 Å². The van der Waals surface area contributed by atoms with E-state index in [0.717, 1.165) is 30.4 Å². The van der Waals surface area contributed by atoms with Gasteiger partial charge in [-0.3, -0.25) is 9.59 Å². The van der Waals surface area contributed by atoms with Crippen molar-refractivity contribution < 1.29 is 19.1 Å². The fraction of sp³-hybridized carbons (Fsp3) is 0.375. The van der Waals surface area contributed by atoms with E-state index in [9.17, 15) is 14.4 Å². The molecule has 150 valence electrons. The van der Waals surface area contributed by atoms with Gasteiger partial charge in [0.2, 0.25) is 5.91 Å². The fourth-order valence-corrected chi connectivity index (χ4v) is 4.57. The van der Waals surface area contributed by atoms with Gasteiger partial charge in [-0.15, -0.1) is 0 Å². The van der Waals surface area contributed by atoms with Crippen LogP contribution < -0.4 is 0 Å². The summed E-state index contributed by atoms with van der Waals surface area (Å²) in [6, 6.07) is 18.4. The summed E-state index contributed by atoms with van der Waals surface area (Å²) in [6.07, 6.45) is 3.04. The van der Waals surface area contributed by atoms with Gasteiger partial charge in [-0.1, -0.05) is 67.1 Å². The van der Waals surface area contributed by atoms with E-state index in [-0.39, 0.29) is 42.6 Å². The first kappa shape index (κ1) is 19.4. The summed E-state index contributed by atoms with van der Waals surface area (Å²) in [7, 11) is 0. The van der Waals surface area contributed by atoms with E-state index in [2.05, 4.69) is 0 Å². The van der Waals surface area contributed by atoms with Crippen LogP contribution in [0.5, 0.6) is 0 Å². The molecule has 0 radical (unpaired) electrons. The van der Waals surface area contributed by atoms with E-state index in [4.69, 9.17) is 4.74 Å². The Hall–Kier alpha value is -2.95. The number of carbonyl (C=O) groups is 3. The molecule has 0 N–H and O–H groups in total. The zero-order chi connectivity index (χ0) is 20.2.